The Labute approximate surface area is 74.5 Å². The van der Waals surface area contributed by atoms with Crippen molar-refractivity contribution >= 4 is 12.1 Å². The van der Waals surface area contributed by atoms with Crippen molar-refractivity contribution in [3.05, 3.63) is 46.5 Å². The second-order valence-electron chi connectivity index (χ2n) is 2.24. The molecule has 0 aliphatic carbocycles. The molecule has 0 aliphatic rings. The van der Waals surface area contributed by atoms with Crippen LogP contribution in [0.5, 0.6) is 0 Å². The Bertz CT molecular complexity index is 308. The zero-order valence-corrected chi connectivity index (χ0v) is 6.56. The zero-order chi connectivity index (χ0) is 9.68. The third-order valence-corrected chi connectivity index (χ3v) is 1.40. The fourth-order valence-corrected chi connectivity index (χ4v) is 0.805. The van der Waals surface area contributed by atoms with Crippen LogP contribution in [0.3, 0.4) is 0 Å². The number of hydrogen-bond acceptors (Lipinski definition) is 3. The molecule has 66 valence electrons. The van der Waals surface area contributed by atoms with Crippen molar-refractivity contribution in [3.8, 4) is 0 Å². The standard InChI is InChI=1S/C8H6N2O3/c11-6-9-5-7-1-3-8(4-2-7)10(12)13/h1-5H,(H,9,11). The first-order valence-corrected chi connectivity index (χ1v) is 3.44. The van der Waals surface area contributed by atoms with E-state index < -0.39 is 4.92 Å². The molecular formula is C8H6N2O3. The molecule has 0 aliphatic heterocycles. The second-order valence-corrected chi connectivity index (χ2v) is 2.24. The number of nitro groups is 1. The van der Waals surface area contributed by atoms with E-state index in [1.807, 2.05) is 0 Å². The highest BCUT2D eigenvalue weighted by molar-refractivity contribution is 5.50. The Hall–Kier alpha value is -1.91. The molecule has 1 N–H and O–H groups in total. The van der Waals surface area contributed by atoms with Gasteiger partial charge in [0.25, 0.3) is 5.69 Å². The van der Waals surface area contributed by atoms with Crippen LogP contribution in [0.2, 0.25) is 0 Å². The van der Waals surface area contributed by atoms with E-state index in [0.29, 0.717) is 5.56 Å². The van der Waals surface area contributed by atoms with Crippen molar-refractivity contribution in [2.24, 2.45) is 0 Å². The van der Waals surface area contributed by atoms with Crippen LogP contribution in [-0.4, -0.2) is 11.3 Å². The number of carbonyl (C=O) groups excluding carboxylic acids is 1. The van der Waals surface area contributed by atoms with Crippen LogP contribution in [0.4, 0.5) is 5.69 Å². The van der Waals surface area contributed by atoms with Crippen molar-refractivity contribution in [1.82, 2.24) is 5.32 Å². The van der Waals surface area contributed by atoms with Crippen molar-refractivity contribution in [2.75, 3.05) is 0 Å². The van der Waals surface area contributed by atoms with E-state index in [2.05, 4.69) is 5.32 Å². The Morgan fingerprint density at radius 1 is 1.38 bits per heavy atom. The number of hydrogen-bond donors (Lipinski definition) is 1. The molecule has 5 nitrogen and oxygen atoms in total. The van der Waals surface area contributed by atoms with Crippen LogP contribution in [-0.2, 0) is 4.79 Å². The summed E-state index contributed by atoms with van der Waals surface area (Å²) in [5.74, 6) is 0. The average molecular weight is 178 g/mol. The van der Waals surface area contributed by atoms with Gasteiger partial charge in [-0.1, -0.05) is 12.1 Å². The summed E-state index contributed by atoms with van der Waals surface area (Å²) in [4.78, 5) is 19.5. The number of nitrogens with zero attached hydrogens (tertiary/aromatic N) is 1. The molecule has 0 fully saturated rings. The smallest absolute Gasteiger partial charge is 0.309 e. The maximum Gasteiger partial charge on any atom is 0.309 e. The molecule has 0 bridgehead atoms. The Kier molecular flexibility index (Phi) is 2.97. The molecule has 0 atom stereocenters. The third-order valence-electron chi connectivity index (χ3n) is 1.40. The lowest BCUT2D eigenvalue weighted by Crippen LogP contribution is -2.06. The number of amides is 1. The lowest BCUT2D eigenvalue weighted by Gasteiger charge is -1.96. The van der Waals surface area contributed by atoms with Crippen LogP contribution in [0.1, 0.15) is 5.56 Å². The molecule has 5 heteroatoms. The van der Waals surface area contributed by atoms with Gasteiger partial charge in [0.15, 0.2) is 0 Å². The minimum atomic E-state index is -0.483. The average Bonchev–Trinajstić information content (AvgIpc) is 2.15. The lowest BCUT2D eigenvalue weighted by molar-refractivity contribution is -0.384. The van der Waals surface area contributed by atoms with Gasteiger partial charge in [-0.15, -0.1) is 0 Å². The van der Waals surface area contributed by atoms with Gasteiger partial charge in [0, 0.05) is 12.1 Å². The lowest BCUT2D eigenvalue weighted by atomic mass is 10.2. The molecule has 0 unspecified atom stereocenters. The molecule has 1 aromatic rings. The molecule has 13 heavy (non-hydrogen) atoms. The molecule has 0 spiro atoms. The SMILES string of the molecule is O=[C]N[CH]c1ccc([N+](=O)[O-])cc1. The monoisotopic (exact) mass is 178 g/mol. The minimum absolute atomic E-state index is 0.0206. The van der Waals surface area contributed by atoms with Gasteiger partial charge < -0.3 is 5.32 Å². The van der Waals surface area contributed by atoms with Crippen molar-refractivity contribution in [2.45, 2.75) is 0 Å². The maximum atomic E-state index is 10.2. The van der Waals surface area contributed by atoms with Crippen molar-refractivity contribution in [1.29, 1.82) is 0 Å². The van der Waals surface area contributed by atoms with Gasteiger partial charge in [-0.3, -0.25) is 14.9 Å². The molecule has 0 saturated heterocycles. The number of rotatable bonds is 4. The third kappa shape index (κ3) is 2.55. The first-order chi connectivity index (χ1) is 6.24. The molecule has 0 saturated carbocycles. The van der Waals surface area contributed by atoms with Gasteiger partial charge in [0.05, 0.1) is 11.5 Å². The van der Waals surface area contributed by atoms with Crippen molar-refractivity contribution < 1.29 is 9.72 Å². The molecule has 0 heterocycles. The normalized spacial score (nSPS) is 9.23. The fraction of sp³-hybridized carbons (Fsp3) is 0. The van der Waals surface area contributed by atoms with E-state index in [9.17, 15) is 14.9 Å². The summed E-state index contributed by atoms with van der Waals surface area (Å²) in [6.45, 7) is 1.40. The molecule has 1 aromatic carbocycles. The molecular weight excluding hydrogens is 172 g/mol. The summed E-state index contributed by atoms with van der Waals surface area (Å²) in [6, 6.07) is 5.78. The minimum Gasteiger partial charge on any atom is -0.339 e. The van der Waals surface area contributed by atoms with Crippen LogP contribution in [0.15, 0.2) is 24.3 Å². The number of nitro benzene ring substituents is 1. The highest BCUT2D eigenvalue weighted by atomic mass is 16.6. The van der Waals surface area contributed by atoms with Crippen LogP contribution < -0.4 is 5.32 Å². The summed E-state index contributed by atoms with van der Waals surface area (Å²) in [6.07, 6.45) is 1.46. The number of non-ortho nitro benzene ring substituents is 1. The van der Waals surface area contributed by atoms with Gasteiger partial charge in [-0.05, 0) is 5.56 Å². The van der Waals surface area contributed by atoms with Crippen LogP contribution in [0, 0.1) is 16.7 Å². The van der Waals surface area contributed by atoms with E-state index in [1.54, 1.807) is 0 Å². The van der Waals surface area contributed by atoms with Gasteiger partial charge >= 0.3 is 6.41 Å². The van der Waals surface area contributed by atoms with E-state index in [4.69, 9.17) is 0 Å². The van der Waals surface area contributed by atoms with E-state index in [1.165, 1.54) is 37.2 Å². The fourth-order valence-electron chi connectivity index (χ4n) is 0.805. The summed E-state index contributed by atoms with van der Waals surface area (Å²) >= 11 is 0. The molecule has 1 rings (SSSR count). The Balaban J connectivity index is 2.69. The molecule has 2 radical (unpaired) electrons. The van der Waals surface area contributed by atoms with Crippen LogP contribution in [0.25, 0.3) is 0 Å². The summed E-state index contributed by atoms with van der Waals surface area (Å²) < 4.78 is 0. The highest BCUT2D eigenvalue weighted by Crippen LogP contribution is 2.11. The van der Waals surface area contributed by atoms with Gasteiger partial charge in [-0.25, -0.2) is 0 Å². The van der Waals surface area contributed by atoms with Gasteiger partial charge in [-0.2, -0.15) is 0 Å². The predicted octanol–water partition coefficient (Wildman–Crippen LogP) is 0.761. The van der Waals surface area contributed by atoms with Gasteiger partial charge in [0.1, 0.15) is 0 Å². The Morgan fingerprint density at radius 2 is 2.00 bits per heavy atom. The Morgan fingerprint density at radius 3 is 2.46 bits per heavy atom. The second kappa shape index (κ2) is 4.20. The first kappa shape index (κ1) is 9.18. The topological polar surface area (TPSA) is 72.2 Å². The zero-order valence-electron chi connectivity index (χ0n) is 6.56. The van der Waals surface area contributed by atoms with Crippen molar-refractivity contribution in [3.63, 3.8) is 0 Å². The van der Waals surface area contributed by atoms with Gasteiger partial charge in [0.2, 0.25) is 0 Å². The van der Waals surface area contributed by atoms with E-state index >= 15 is 0 Å². The summed E-state index contributed by atoms with van der Waals surface area (Å²) in [5.41, 5.74) is 0.696. The number of benzene rings is 1. The molecule has 1 amide bonds. The highest BCUT2D eigenvalue weighted by Gasteiger charge is 2.03. The van der Waals surface area contributed by atoms with E-state index in [0.717, 1.165) is 0 Å². The largest absolute Gasteiger partial charge is 0.339 e. The first-order valence-electron chi connectivity index (χ1n) is 3.44. The quantitative estimate of drug-likeness (QED) is 0.420. The number of nitrogens with one attached hydrogen (secondary N) is 1. The van der Waals surface area contributed by atoms with Crippen LogP contribution >= 0.6 is 0 Å². The summed E-state index contributed by atoms with van der Waals surface area (Å²) in [5, 5.41) is 12.5. The summed E-state index contributed by atoms with van der Waals surface area (Å²) in [7, 11) is 0. The maximum absolute atomic E-state index is 10.2. The van der Waals surface area contributed by atoms with E-state index in [-0.39, 0.29) is 5.69 Å². The predicted molar refractivity (Wildman–Crippen MR) is 45.3 cm³/mol. The molecule has 0 aromatic heterocycles.